The van der Waals surface area contributed by atoms with E-state index >= 15 is 0 Å². The van der Waals surface area contributed by atoms with E-state index in [4.69, 9.17) is 5.11 Å². The summed E-state index contributed by atoms with van der Waals surface area (Å²) in [5.74, 6) is -0.910. The van der Waals surface area contributed by atoms with Crippen molar-refractivity contribution in [1.82, 2.24) is 0 Å². The van der Waals surface area contributed by atoms with Crippen molar-refractivity contribution in [1.29, 1.82) is 0 Å². The molecule has 0 aromatic carbocycles. The third kappa shape index (κ3) is 3.08. The van der Waals surface area contributed by atoms with Gasteiger partial charge in [-0.3, -0.25) is 0 Å². The van der Waals surface area contributed by atoms with Gasteiger partial charge in [-0.15, -0.1) is 6.58 Å². The van der Waals surface area contributed by atoms with Crippen LogP contribution >= 0.6 is 15.9 Å². The number of carboxylic acids is 1. The number of allylic oxidation sites excluding steroid dienone is 1. The Kier molecular flexibility index (Phi) is 4.05. The summed E-state index contributed by atoms with van der Waals surface area (Å²) in [4.78, 5) is 11.6. The molecule has 0 saturated heterocycles. The summed E-state index contributed by atoms with van der Waals surface area (Å²) in [5, 5.41) is 8.36. The van der Waals surface area contributed by atoms with Crippen LogP contribution < -0.4 is 0 Å². The molecule has 50 valence electrons. The smallest absolute Gasteiger partial charge is 0.332 e. The second kappa shape index (κ2) is 4.32. The van der Waals surface area contributed by atoms with Crippen LogP contribution in [-0.2, 0) is 4.79 Å². The number of rotatable bonds is 3. The Labute approximate surface area is 62.0 Å². The van der Waals surface area contributed by atoms with Crippen molar-refractivity contribution in [2.75, 3.05) is 0 Å². The Morgan fingerprint density at radius 1 is 1.78 bits per heavy atom. The molecule has 0 rings (SSSR count). The van der Waals surface area contributed by atoms with Crippen molar-refractivity contribution in [3.05, 3.63) is 23.2 Å². The Bertz CT molecular complexity index is 149. The average Bonchev–Trinajstić information content (AvgIpc) is 1.82. The number of carboxylic acid groups (broad SMARTS) is 1. The fourth-order valence-electron chi connectivity index (χ4n) is 0.334. The summed E-state index contributed by atoms with van der Waals surface area (Å²) < 4.78 is 0. The molecular weight excluding hydrogens is 184 g/mol. The van der Waals surface area contributed by atoms with Gasteiger partial charge in [0.1, 0.15) is 0 Å². The van der Waals surface area contributed by atoms with E-state index in [1.165, 1.54) is 4.99 Å². The van der Waals surface area contributed by atoms with E-state index in [0.717, 1.165) is 0 Å². The van der Waals surface area contributed by atoms with Crippen LogP contribution in [0.15, 0.2) is 23.2 Å². The minimum Gasteiger partial charge on any atom is -0.478 e. The van der Waals surface area contributed by atoms with Gasteiger partial charge in [0.05, 0.1) is 0 Å². The van der Waals surface area contributed by atoms with Crippen LogP contribution in [-0.4, -0.2) is 11.1 Å². The summed E-state index contributed by atoms with van der Waals surface area (Å²) in [6.45, 7) is 3.41. The highest BCUT2D eigenvalue weighted by atomic mass is 79.9. The zero-order valence-electron chi connectivity index (χ0n) is 4.80. The van der Waals surface area contributed by atoms with Crippen molar-refractivity contribution in [2.24, 2.45) is 0 Å². The predicted octanol–water partition coefficient (Wildman–Crippen LogP) is 1.93. The molecular formula is C6H7BrO2. The normalized spacial score (nSPS) is 11.0. The van der Waals surface area contributed by atoms with E-state index in [9.17, 15) is 4.79 Å². The molecule has 0 unspecified atom stereocenters. The Hall–Kier alpha value is -0.570. The fraction of sp³-hybridized carbons (Fsp3) is 0.167. The molecule has 0 aliphatic carbocycles. The standard InChI is InChI=1S/C6H7BrO2/c1-2-3-5(4-7)6(8)9/h2,4H,1,3H2,(H,8,9)/b5-4+. The van der Waals surface area contributed by atoms with Crippen molar-refractivity contribution in [3.8, 4) is 0 Å². The van der Waals surface area contributed by atoms with Gasteiger partial charge in [0.15, 0.2) is 0 Å². The molecule has 0 saturated carbocycles. The zero-order valence-corrected chi connectivity index (χ0v) is 6.39. The van der Waals surface area contributed by atoms with Crippen LogP contribution in [0.5, 0.6) is 0 Å². The number of halogens is 1. The number of carbonyl (C=O) groups is 1. The molecule has 3 heteroatoms. The first-order valence-electron chi connectivity index (χ1n) is 2.35. The molecule has 0 aliphatic heterocycles. The van der Waals surface area contributed by atoms with Gasteiger partial charge in [-0.05, 0) is 11.4 Å². The highest BCUT2D eigenvalue weighted by Gasteiger charge is 2.01. The van der Waals surface area contributed by atoms with E-state index in [2.05, 4.69) is 22.5 Å². The van der Waals surface area contributed by atoms with Gasteiger partial charge in [0.25, 0.3) is 0 Å². The molecule has 0 aliphatic rings. The lowest BCUT2D eigenvalue weighted by Crippen LogP contribution is -1.97. The van der Waals surface area contributed by atoms with E-state index in [-0.39, 0.29) is 0 Å². The van der Waals surface area contributed by atoms with Crippen LogP contribution in [0.3, 0.4) is 0 Å². The monoisotopic (exact) mass is 190 g/mol. The summed E-state index contributed by atoms with van der Waals surface area (Å²) in [6.07, 6.45) is 1.93. The molecule has 0 aromatic heterocycles. The molecule has 0 bridgehead atoms. The molecule has 1 N–H and O–H groups in total. The summed E-state index contributed by atoms with van der Waals surface area (Å²) >= 11 is 2.93. The van der Waals surface area contributed by atoms with E-state index in [0.29, 0.717) is 12.0 Å². The van der Waals surface area contributed by atoms with Gasteiger partial charge < -0.3 is 5.11 Å². The highest BCUT2D eigenvalue weighted by molar-refractivity contribution is 9.11. The van der Waals surface area contributed by atoms with Crippen LogP contribution in [0.1, 0.15) is 6.42 Å². The largest absolute Gasteiger partial charge is 0.478 e. The second-order valence-electron chi connectivity index (χ2n) is 1.43. The number of hydrogen-bond donors (Lipinski definition) is 1. The van der Waals surface area contributed by atoms with Crippen LogP contribution in [0.4, 0.5) is 0 Å². The second-order valence-corrected chi connectivity index (χ2v) is 1.89. The lowest BCUT2D eigenvalue weighted by molar-refractivity contribution is -0.132. The van der Waals surface area contributed by atoms with Crippen LogP contribution in [0.25, 0.3) is 0 Å². The minimum absolute atomic E-state index is 0.310. The minimum atomic E-state index is -0.910. The fourth-order valence-corrected chi connectivity index (χ4v) is 0.717. The maximum Gasteiger partial charge on any atom is 0.332 e. The average molecular weight is 191 g/mol. The van der Waals surface area contributed by atoms with Gasteiger partial charge in [0, 0.05) is 5.57 Å². The zero-order chi connectivity index (χ0) is 7.28. The molecule has 0 heterocycles. The SMILES string of the molecule is C=CC/C(=C\Br)C(=O)O. The van der Waals surface area contributed by atoms with Crippen molar-refractivity contribution >= 4 is 21.9 Å². The van der Waals surface area contributed by atoms with Gasteiger partial charge in [-0.2, -0.15) is 0 Å². The maximum atomic E-state index is 10.2. The lowest BCUT2D eigenvalue weighted by atomic mass is 10.2. The third-order valence-electron chi connectivity index (χ3n) is 0.771. The summed E-state index contributed by atoms with van der Waals surface area (Å²) in [5.41, 5.74) is 0.310. The molecule has 0 fully saturated rings. The van der Waals surface area contributed by atoms with Gasteiger partial charge >= 0.3 is 5.97 Å². The molecule has 0 spiro atoms. The van der Waals surface area contributed by atoms with E-state index < -0.39 is 5.97 Å². The number of hydrogen-bond acceptors (Lipinski definition) is 1. The van der Waals surface area contributed by atoms with E-state index in [1.54, 1.807) is 6.08 Å². The van der Waals surface area contributed by atoms with Crippen molar-refractivity contribution in [3.63, 3.8) is 0 Å². The first-order chi connectivity index (χ1) is 4.22. The maximum absolute atomic E-state index is 10.2. The molecule has 0 atom stereocenters. The Morgan fingerprint density at radius 3 is 2.44 bits per heavy atom. The van der Waals surface area contributed by atoms with E-state index in [1.807, 2.05) is 0 Å². The molecule has 2 nitrogen and oxygen atoms in total. The van der Waals surface area contributed by atoms with Crippen molar-refractivity contribution < 1.29 is 9.90 Å². The highest BCUT2D eigenvalue weighted by Crippen LogP contribution is 2.04. The molecule has 0 amide bonds. The molecule has 0 aromatic rings. The topological polar surface area (TPSA) is 37.3 Å². The third-order valence-corrected chi connectivity index (χ3v) is 1.32. The first kappa shape index (κ1) is 8.43. The van der Waals surface area contributed by atoms with Crippen molar-refractivity contribution in [2.45, 2.75) is 6.42 Å². The molecule has 0 radical (unpaired) electrons. The van der Waals surface area contributed by atoms with Crippen LogP contribution in [0, 0.1) is 0 Å². The Morgan fingerprint density at radius 2 is 2.33 bits per heavy atom. The predicted molar refractivity (Wildman–Crippen MR) is 39.5 cm³/mol. The van der Waals surface area contributed by atoms with Gasteiger partial charge in [-0.1, -0.05) is 22.0 Å². The first-order valence-corrected chi connectivity index (χ1v) is 3.27. The number of aliphatic carboxylic acids is 1. The lowest BCUT2D eigenvalue weighted by Gasteiger charge is -1.91. The Balaban J connectivity index is 4.00. The quantitative estimate of drug-likeness (QED) is 0.546. The van der Waals surface area contributed by atoms with Gasteiger partial charge in [0.2, 0.25) is 0 Å². The molecule has 9 heavy (non-hydrogen) atoms. The van der Waals surface area contributed by atoms with Crippen LogP contribution in [0.2, 0.25) is 0 Å². The summed E-state index contributed by atoms with van der Waals surface area (Å²) in [7, 11) is 0. The van der Waals surface area contributed by atoms with Gasteiger partial charge in [-0.25, -0.2) is 4.79 Å². The summed E-state index contributed by atoms with van der Waals surface area (Å²) in [6, 6.07) is 0.